The van der Waals surface area contributed by atoms with Crippen LogP contribution in [0.5, 0.6) is 0 Å². The van der Waals surface area contributed by atoms with Crippen LogP contribution in [0.1, 0.15) is 33.1 Å². The normalized spacial score (nSPS) is 16.0. The van der Waals surface area contributed by atoms with Gasteiger partial charge in [-0.2, -0.15) is 0 Å². The first-order chi connectivity index (χ1) is 10.0. The van der Waals surface area contributed by atoms with Crippen LogP contribution in [0, 0.1) is 0 Å². The SMILES string of the molecule is CCOC(=O)CNNC(=O)[C@H](C)NC(=O)N1CCCCC1. The minimum absolute atomic E-state index is 0.119. The van der Waals surface area contributed by atoms with Crippen molar-refractivity contribution < 1.29 is 19.1 Å². The molecule has 1 rings (SSSR count). The number of nitrogens with zero attached hydrogens (tertiary/aromatic N) is 1. The Balaban J connectivity index is 2.23. The molecule has 21 heavy (non-hydrogen) atoms. The molecule has 1 atom stereocenters. The lowest BCUT2D eigenvalue weighted by molar-refractivity contribution is -0.142. The first-order valence-electron chi connectivity index (χ1n) is 7.28. The van der Waals surface area contributed by atoms with Gasteiger partial charge in [-0.3, -0.25) is 15.0 Å². The molecule has 1 fully saturated rings. The Kier molecular flexibility index (Phi) is 7.52. The van der Waals surface area contributed by atoms with Crippen molar-refractivity contribution >= 4 is 17.9 Å². The van der Waals surface area contributed by atoms with Crippen molar-refractivity contribution in [2.24, 2.45) is 0 Å². The summed E-state index contributed by atoms with van der Waals surface area (Å²) < 4.78 is 4.70. The predicted octanol–water partition coefficient (Wildman–Crippen LogP) is -0.246. The van der Waals surface area contributed by atoms with Gasteiger partial charge in [-0.25, -0.2) is 10.2 Å². The third-order valence-corrected chi connectivity index (χ3v) is 3.13. The largest absolute Gasteiger partial charge is 0.465 e. The molecule has 0 aromatic carbocycles. The number of rotatable bonds is 6. The number of amides is 3. The average Bonchev–Trinajstić information content (AvgIpc) is 2.48. The van der Waals surface area contributed by atoms with Gasteiger partial charge < -0.3 is 15.0 Å². The summed E-state index contributed by atoms with van der Waals surface area (Å²) in [7, 11) is 0. The molecule has 0 saturated carbocycles. The molecule has 1 saturated heterocycles. The van der Waals surface area contributed by atoms with Crippen molar-refractivity contribution in [1.29, 1.82) is 0 Å². The average molecular weight is 300 g/mol. The lowest BCUT2D eigenvalue weighted by atomic mass is 10.1. The van der Waals surface area contributed by atoms with Crippen LogP contribution in [0.4, 0.5) is 4.79 Å². The summed E-state index contributed by atoms with van der Waals surface area (Å²) in [6.45, 7) is 4.91. The number of likely N-dealkylation sites (tertiary alicyclic amines) is 1. The molecule has 3 N–H and O–H groups in total. The third-order valence-electron chi connectivity index (χ3n) is 3.13. The van der Waals surface area contributed by atoms with Gasteiger partial charge in [-0.1, -0.05) is 0 Å². The summed E-state index contributed by atoms with van der Waals surface area (Å²) in [5, 5.41) is 2.63. The summed E-state index contributed by atoms with van der Waals surface area (Å²) in [4.78, 5) is 36.4. The molecule has 0 radical (unpaired) electrons. The third kappa shape index (κ3) is 6.44. The number of carbonyl (C=O) groups is 3. The monoisotopic (exact) mass is 300 g/mol. The minimum atomic E-state index is -0.686. The van der Waals surface area contributed by atoms with Crippen molar-refractivity contribution in [2.75, 3.05) is 26.2 Å². The molecule has 0 aromatic heterocycles. The molecule has 1 aliphatic heterocycles. The maximum absolute atomic E-state index is 11.9. The molecular formula is C13H24N4O4. The van der Waals surface area contributed by atoms with Crippen LogP contribution in [0.25, 0.3) is 0 Å². The molecule has 1 heterocycles. The summed E-state index contributed by atoms with van der Waals surface area (Å²) in [6.07, 6.45) is 3.13. The van der Waals surface area contributed by atoms with E-state index >= 15 is 0 Å². The number of esters is 1. The van der Waals surface area contributed by atoms with Gasteiger partial charge in [-0.05, 0) is 33.1 Å². The van der Waals surface area contributed by atoms with Crippen molar-refractivity contribution in [1.82, 2.24) is 21.1 Å². The van der Waals surface area contributed by atoms with Gasteiger partial charge in [0.05, 0.1) is 6.61 Å². The van der Waals surface area contributed by atoms with Gasteiger partial charge in [0, 0.05) is 13.1 Å². The fourth-order valence-corrected chi connectivity index (χ4v) is 1.96. The maximum atomic E-state index is 11.9. The quantitative estimate of drug-likeness (QED) is 0.464. The van der Waals surface area contributed by atoms with E-state index in [1.807, 2.05) is 0 Å². The van der Waals surface area contributed by atoms with Gasteiger partial charge in [0.1, 0.15) is 12.6 Å². The van der Waals surface area contributed by atoms with E-state index in [2.05, 4.69) is 16.2 Å². The van der Waals surface area contributed by atoms with Crippen LogP contribution in [0.3, 0.4) is 0 Å². The van der Waals surface area contributed by atoms with Crippen LogP contribution < -0.4 is 16.2 Å². The van der Waals surface area contributed by atoms with Crippen LogP contribution in [0.2, 0.25) is 0 Å². The minimum Gasteiger partial charge on any atom is -0.465 e. The highest BCUT2D eigenvalue weighted by molar-refractivity contribution is 5.86. The predicted molar refractivity (Wildman–Crippen MR) is 76.2 cm³/mol. The first-order valence-corrected chi connectivity index (χ1v) is 7.28. The van der Waals surface area contributed by atoms with Crippen LogP contribution >= 0.6 is 0 Å². The zero-order chi connectivity index (χ0) is 15.7. The molecule has 0 spiro atoms. The number of ether oxygens (including phenoxy) is 1. The molecule has 3 amide bonds. The van der Waals surface area contributed by atoms with Crippen molar-refractivity contribution in [3.8, 4) is 0 Å². The van der Waals surface area contributed by atoms with Crippen LogP contribution in [-0.4, -0.2) is 55.1 Å². The van der Waals surface area contributed by atoms with Gasteiger partial charge in [-0.15, -0.1) is 0 Å². The van der Waals surface area contributed by atoms with Gasteiger partial charge in [0.15, 0.2) is 0 Å². The molecule has 8 heteroatoms. The van der Waals surface area contributed by atoms with Crippen LogP contribution in [-0.2, 0) is 14.3 Å². The molecule has 0 unspecified atom stereocenters. The second-order valence-corrected chi connectivity index (χ2v) is 4.87. The number of carbonyl (C=O) groups excluding carboxylic acids is 3. The number of hydrogen-bond acceptors (Lipinski definition) is 5. The Morgan fingerprint density at radius 1 is 1.19 bits per heavy atom. The fraction of sp³-hybridized carbons (Fsp3) is 0.769. The summed E-state index contributed by atoms with van der Waals surface area (Å²) in [6, 6.07) is -0.920. The Morgan fingerprint density at radius 3 is 2.48 bits per heavy atom. The van der Waals surface area contributed by atoms with E-state index in [1.165, 1.54) is 0 Å². The lowest BCUT2D eigenvalue weighted by Crippen LogP contribution is -2.53. The first kappa shape index (κ1) is 17.2. The lowest BCUT2D eigenvalue weighted by Gasteiger charge is -2.28. The topological polar surface area (TPSA) is 99.8 Å². The maximum Gasteiger partial charge on any atom is 0.321 e. The number of nitrogens with one attached hydrogen (secondary N) is 3. The van der Waals surface area contributed by atoms with E-state index in [0.717, 1.165) is 32.4 Å². The van der Waals surface area contributed by atoms with E-state index < -0.39 is 17.9 Å². The van der Waals surface area contributed by atoms with E-state index in [0.29, 0.717) is 0 Å². The van der Waals surface area contributed by atoms with Crippen molar-refractivity contribution in [2.45, 2.75) is 39.2 Å². The second kappa shape index (κ2) is 9.17. The molecule has 0 aromatic rings. The molecule has 8 nitrogen and oxygen atoms in total. The van der Waals surface area contributed by atoms with E-state index in [4.69, 9.17) is 4.74 Å². The molecular weight excluding hydrogens is 276 g/mol. The zero-order valence-electron chi connectivity index (χ0n) is 12.6. The highest BCUT2D eigenvalue weighted by Crippen LogP contribution is 2.08. The van der Waals surface area contributed by atoms with E-state index in [-0.39, 0.29) is 19.2 Å². The Labute approximate surface area is 124 Å². The number of hydrazine groups is 1. The van der Waals surface area contributed by atoms with Gasteiger partial charge in [0.25, 0.3) is 5.91 Å². The standard InChI is InChI=1S/C13H24N4O4/c1-3-21-11(18)9-14-16-12(19)10(2)15-13(20)17-7-5-4-6-8-17/h10,14H,3-9H2,1-2H3,(H,15,20)(H,16,19)/t10-/m0/s1. The summed E-state index contributed by atoms with van der Waals surface area (Å²) in [5.74, 6) is -0.868. The highest BCUT2D eigenvalue weighted by Gasteiger charge is 2.21. The van der Waals surface area contributed by atoms with Gasteiger partial charge >= 0.3 is 12.0 Å². The number of urea groups is 1. The zero-order valence-corrected chi connectivity index (χ0v) is 12.6. The molecule has 120 valence electrons. The number of hydrogen-bond donors (Lipinski definition) is 3. The molecule has 0 aliphatic carbocycles. The summed E-state index contributed by atoms with van der Waals surface area (Å²) in [5.41, 5.74) is 4.82. The van der Waals surface area contributed by atoms with E-state index in [9.17, 15) is 14.4 Å². The molecule has 0 bridgehead atoms. The smallest absolute Gasteiger partial charge is 0.321 e. The van der Waals surface area contributed by atoms with Crippen molar-refractivity contribution in [3.63, 3.8) is 0 Å². The summed E-state index contributed by atoms with van der Waals surface area (Å²) >= 11 is 0. The highest BCUT2D eigenvalue weighted by atomic mass is 16.5. The Hall–Kier alpha value is -1.83. The fourth-order valence-electron chi connectivity index (χ4n) is 1.96. The number of piperidine rings is 1. The molecule has 1 aliphatic rings. The van der Waals surface area contributed by atoms with Crippen LogP contribution in [0.15, 0.2) is 0 Å². The Morgan fingerprint density at radius 2 is 1.86 bits per heavy atom. The van der Waals surface area contributed by atoms with Crippen molar-refractivity contribution in [3.05, 3.63) is 0 Å². The van der Waals surface area contributed by atoms with E-state index in [1.54, 1.807) is 18.7 Å². The second-order valence-electron chi connectivity index (χ2n) is 4.87. The Bertz CT molecular complexity index is 369. The van der Waals surface area contributed by atoms with Gasteiger partial charge in [0.2, 0.25) is 0 Å².